The van der Waals surface area contributed by atoms with Gasteiger partial charge in [0.15, 0.2) is 0 Å². The van der Waals surface area contributed by atoms with Crippen molar-refractivity contribution in [3.63, 3.8) is 0 Å². The molecule has 0 aliphatic heterocycles. The van der Waals surface area contributed by atoms with Gasteiger partial charge in [-0.2, -0.15) is 0 Å². The Labute approximate surface area is 161 Å². The van der Waals surface area contributed by atoms with Gasteiger partial charge in [-0.1, -0.05) is 91.0 Å². The first kappa shape index (κ1) is 18.9. The maximum atomic E-state index is 12.3. The molecular formula is C24H25NO2. The fraction of sp³-hybridized carbons (Fsp3) is 0.208. The Hall–Kier alpha value is -2.91. The van der Waals surface area contributed by atoms with Gasteiger partial charge in [-0.05, 0) is 23.6 Å². The van der Waals surface area contributed by atoms with E-state index in [4.69, 9.17) is 4.74 Å². The topological polar surface area (TPSA) is 29.5 Å². The molecule has 0 bridgehead atoms. The molecule has 0 unspecified atom stereocenters. The number of esters is 1. The Bertz CT molecular complexity index is 779. The average molecular weight is 359 g/mol. The van der Waals surface area contributed by atoms with E-state index >= 15 is 0 Å². The summed E-state index contributed by atoms with van der Waals surface area (Å²) in [5.41, 5.74) is 3.48. The third-order valence-corrected chi connectivity index (χ3v) is 4.46. The number of carbonyl (C=O) groups excluding carboxylic acids is 1. The first-order valence-electron chi connectivity index (χ1n) is 9.31. The highest BCUT2D eigenvalue weighted by Gasteiger charge is 2.25. The summed E-state index contributed by atoms with van der Waals surface area (Å²) < 4.78 is 5.25. The standard InChI is InChI=1S/C24H25NO2/c1-2-27-23(26)19-25(18-20-12-6-3-7-13-20)24(21-14-8-4-9-15-21)22-16-10-5-11-17-22/h3-17,24H,2,18-19H2,1H3. The van der Waals surface area contributed by atoms with Crippen LogP contribution in [-0.2, 0) is 16.1 Å². The Morgan fingerprint density at radius 1 is 0.815 bits per heavy atom. The number of hydrogen-bond acceptors (Lipinski definition) is 3. The van der Waals surface area contributed by atoms with Gasteiger partial charge in [-0.3, -0.25) is 9.69 Å². The van der Waals surface area contributed by atoms with Crippen LogP contribution in [0.2, 0.25) is 0 Å². The minimum absolute atomic E-state index is 0.0305. The molecule has 3 aromatic rings. The van der Waals surface area contributed by atoms with Crippen molar-refractivity contribution in [2.45, 2.75) is 19.5 Å². The van der Waals surface area contributed by atoms with E-state index in [0.29, 0.717) is 13.2 Å². The predicted molar refractivity (Wildman–Crippen MR) is 108 cm³/mol. The molecule has 0 saturated heterocycles. The quantitative estimate of drug-likeness (QED) is 0.539. The molecule has 0 spiro atoms. The molecular weight excluding hydrogens is 334 g/mol. The molecule has 27 heavy (non-hydrogen) atoms. The average Bonchev–Trinajstić information content (AvgIpc) is 2.71. The molecule has 3 rings (SSSR count). The van der Waals surface area contributed by atoms with Crippen LogP contribution in [0.5, 0.6) is 0 Å². The highest BCUT2D eigenvalue weighted by Crippen LogP contribution is 2.30. The molecule has 0 amide bonds. The van der Waals surface area contributed by atoms with E-state index in [1.165, 1.54) is 5.56 Å². The molecule has 0 atom stereocenters. The minimum atomic E-state index is -0.203. The normalized spacial score (nSPS) is 10.9. The highest BCUT2D eigenvalue weighted by molar-refractivity contribution is 5.71. The molecule has 0 radical (unpaired) electrons. The van der Waals surface area contributed by atoms with E-state index in [0.717, 1.165) is 11.1 Å². The zero-order valence-corrected chi connectivity index (χ0v) is 15.6. The summed E-state index contributed by atoms with van der Waals surface area (Å²) in [5.74, 6) is -0.203. The molecule has 0 aliphatic rings. The summed E-state index contributed by atoms with van der Waals surface area (Å²) in [4.78, 5) is 14.5. The first-order chi connectivity index (χ1) is 13.3. The fourth-order valence-electron chi connectivity index (χ4n) is 3.31. The van der Waals surface area contributed by atoms with Crippen LogP contribution in [0.15, 0.2) is 91.0 Å². The van der Waals surface area contributed by atoms with Gasteiger partial charge in [0.05, 0.1) is 19.2 Å². The minimum Gasteiger partial charge on any atom is -0.465 e. The van der Waals surface area contributed by atoms with Crippen LogP contribution in [0.1, 0.15) is 29.7 Å². The zero-order valence-electron chi connectivity index (χ0n) is 15.6. The Balaban J connectivity index is 1.99. The van der Waals surface area contributed by atoms with Gasteiger partial charge >= 0.3 is 5.97 Å². The molecule has 0 saturated carbocycles. The van der Waals surface area contributed by atoms with Crippen molar-refractivity contribution in [1.29, 1.82) is 0 Å². The van der Waals surface area contributed by atoms with Gasteiger partial charge in [-0.15, -0.1) is 0 Å². The number of benzene rings is 3. The second-order valence-electron chi connectivity index (χ2n) is 6.42. The van der Waals surface area contributed by atoms with Crippen molar-refractivity contribution < 1.29 is 9.53 Å². The smallest absolute Gasteiger partial charge is 0.320 e. The van der Waals surface area contributed by atoms with Gasteiger partial charge in [-0.25, -0.2) is 0 Å². The Morgan fingerprint density at radius 3 is 1.78 bits per heavy atom. The summed E-state index contributed by atoms with van der Waals surface area (Å²) in [6, 6.07) is 30.8. The SMILES string of the molecule is CCOC(=O)CN(Cc1ccccc1)C(c1ccccc1)c1ccccc1. The van der Waals surface area contributed by atoms with Crippen molar-refractivity contribution in [3.8, 4) is 0 Å². The summed E-state index contributed by atoms with van der Waals surface area (Å²) in [7, 11) is 0. The molecule has 0 aromatic heterocycles. The number of nitrogens with zero attached hydrogens (tertiary/aromatic N) is 1. The summed E-state index contributed by atoms with van der Waals surface area (Å²) in [5, 5.41) is 0. The second-order valence-corrected chi connectivity index (χ2v) is 6.42. The summed E-state index contributed by atoms with van der Waals surface area (Å²) in [6.45, 7) is 3.12. The summed E-state index contributed by atoms with van der Waals surface area (Å²) in [6.07, 6.45) is 0. The molecule has 3 aromatic carbocycles. The van der Waals surface area contributed by atoms with E-state index in [1.807, 2.05) is 61.5 Å². The lowest BCUT2D eigenvalue weighted by Crippen LogP contribution is -2.35. The van der Waals surface area contributed by atoms with E-state index in [2.05, 4.69) is 41.3 Å². The molecule has 0 aliphatic carbocycles. The number of ether oxygens (including phenoxy) is 1. The van der Waals surface area contributed by atoms with Crippen LogP contribution >= 0.6 is 0 Å². The van der Waals surface area contributed by atoms with Crippen LogP contribution in [-0.4, -0.2) is 24.0 Å². The second kappa shape index (κ2) is 9.70. The van der Waals surface area contributed by atoms with Gasteiger partial charge in [0.25, 0.3) is 0 Å². The molecule has 0 N–H and O–H groups in total. The summed E-state index contributed by atoms with van der Waals surface area (Å²) >= 11 is 0. The van der Waals surface area contributed by atoms with Gasteiger partial charge in [0.1, 0.15) is 0 Å². The lowest BCUT2D eigenvalue weighted by Gasteiger charge is -2.32. The van der Waals surface area contributed by atoms with Gasteiger partial charge in [0, 0.05) is 6.54 Å². The molecule has 138 valence electrons. The highest BCUT2D eigenvalue weighted by atomic mass is 16.5. The van der Waals surface area contributed by atoms with E-state index in [1.54, 1.807) is 0 Å². The van der Waals surface area contributed by atoms with Gasteiger partial charge in [0.2, 0.25) is 0 Å². The number of hydrogen-bond donors (Lipinski definition) is 0. The van der Waals surface area contributed by atoms with Crippen LogP contribution < -0.4 is 0 Å². The van der Waals surface area contributed by atoms with Crippen LogP contribution in [0.3, 0.4) is 0 Å². The maximum absolute atomic E-state index is 12.3. The van der Waals surface area contributed by atoms with Crippen molar-refractivity contribution in [2.75, 3.05) is 13.2 Å². The van der Waals surface area contributed by atoms with Crippen molar-refractivity contribution in [2.24, 2.45) is 0 Å². The number of carbonyl (C=O) groups is 1. The third-order valence-electron chi connectivity index (χ3n) is 4.46. The third kappa shape index (κ3) is 5.28. The van der Waals surface area contributed by atoms with Crippen molar-refractivity contribution in [3.05, 3.63) is 108 Å². The van der Waals surface area contributed by atoms with E-state index < -0.39 is 0 Å². The predicted octanol–water partition coefficient (Wildman–Crippen LogP) is 4.84. The van der Waals surface area contributed by atoms with E-state index in [9.17, 15) is 4.79 Å². The lowest BCUT2D eigenvalue weighted by atomic mass is 9.96. The molecule has 3 nitrogen and oxygen atoms in total. The Kier molecular flexibility index (Phi) is 6.78. The number of rotatable bonds is 8. The fourth-order valence-corrected chi connectivity index (χ4v) is 3.31. The van der Waals surface area contributed by atoms with Crippen LogP contribution in [0.25, 0.3) is 0 Å². The van der Waals surface area contributed by atoms with Gasteiger partial charge < -0.3 is 4.74 Å². The molecule has 0 fully saturated rings. The van der Waals surface area contributed by atoms with Crippen molar-refractivity contribution >= 4 is 5.97 Å². The zero-order chi connectivity index (χ0) is 18.9. The maximum Gasteiger partial charge on any atom is 0.320 e. The van der Waals surface area contributed by atoms with E-state index in [-0.39, 0.29) is 18.6 Å². The van der Waals surface area contributed by atoms with Crippen molar-refractivity contribution in [1.82, 2.24) is 4.90 Å². The largest absolute Gasteiger partial charge is 0.465 e. The lowest BCUT2D eigenvalue weighted by molar-refractivity contribution is -0.145. The van der Waals surface area contributed by atoms with Crippen LogP contribution in [0, 0.1) is 0 Å². The van der Waals surface area contributed by atoms with Crippen LogP contribution in [0.4, 0.5) is 0 Å². The molecule has 0 heterocycles. The Morgan fingerprint density at radius 2 is 1.30 bits per heavy atom. The molecule has 3 heteroatoms. The first-order valence-corrected chi connectivity index (χ1v) is 9.31. The monoisotopic (exact) mass is 359 g/mol.